The fraction of sp³-hybridized carbons (Fsp3) is 0.667. The SMILES string of the molecule is CCN(C(=O)[C@@H](C)[NH+](C)CC(=O)Nc1ccc(N2CCOCC2)cc1)C1CCCCC1. The van der Waals surface area contributed by atoms with Crippen molar-refractivity contribution in [3.8, 4) is 0 Å². The molecule has 31 heavy (non-hydrogen) atoms. The predicted molar refractivity (Wildman–Crippen MR) is 124 cm³/mol. The minimum Gasteiger partial charge on any atom is -0.378 e. The first kappa shape index (κ1) is 23.5. The Bertz CT molecular complexity index is 712. The van der Waals surface area contributed by atoms with Gasteiger partial charge >= 0.3 is 0 Å². The molecule has 0 bridgehead atoms. The lowest BCUT2D eigenvalue weighted by atomic mass is 9.93. The first-order chi connectivity index (χ1) is 15.0. The summed E-state index contributed by atoms with van der Waals surface area (Å²) in [5, 5.41) is 2.98. The van der Waals surface area contributed by atoms with Crippen LogP contribution in [-0.4, -0.2) is 75.2 Å². The number of quaternary nitrogens is 1. The van der Waals surface area contributed by atoms with E-state index in [2.05, 4.69) is 17.1 Å². The standard InChI is InChI=1S/C24H38N4O3/c1-4-28(22-8-6-5-7-9-22)24(30)19(2)26(3)18-23(29)25-20-10-12-21(13-11-20)27-14-16-31-17-15-27/h10-13,19,22H,4-9,14-18H2,1-3H3,(H,25,29)/p+1/t19-/m1/s1. The van der Waals surface area contributed by atoms with E-state index in [0.29, 0.717) is 6.04 Å². The van der Waals surface area contributed by atoms with Gasteiger partial charge in [-0.2, -0.15) is 0 Å². The highest BCUT2D eigenvalue weighted by molar-refractivity contribution is 5.91. The fourth-order valence-corrected chi connectivity index (χ4v) is 4.63. The van der Waals surface area contributed by atoms with E-state index in [1.165, 1.54) is 19.3 Å². The maximum atomic E-state index is 13.1. The number of amides is 2. The molecule has 7 heteroatoms. The number of carbonyl (C=O) groups is 2. The van der Waals surface area contributed by atoms with Crippen molar-refractivity contribution in [1.82, 2.24) is 4.90 Å². The van der Waals surface area contributed by atoms with E-state index in [9.17, 15) is 9.59 Å². The van der Waals surface area contributed by atoms with Crippen molar-refractivity contribution in [3.63, 3.8) is 0 Å². The van der Waals surface area contributed by atoms with Gasteiger partial charge in [-0.3, -0.25) is 9.59 Å². The molecule has 2 atom stereocenters. The van der Waals surface area contributed by atoms with Crippen LogP contribution >= 0.6 is 0 Å². The number of benzene rings is 1. The highest BCUT2D eigenvalue weighted by Crippen LogP contribution is 2.23. The van der Waals surface area contributed by atoms with Gasteiger partial charge in [0.1, 0.15) is 0 Å². The third-order valence-corrected chi connectivity index (χ3v) is 6.72. The Morgan fingerprint density at radius 2 is 1.81 bits per heavy atom. The summed E-state index contributed by atoms with van der Waals surface area (Å²) in [5.41, 5.74) is 1.93. The Balaban J connectivity index is 1.50. The predicted octanol–water partition coefficient (Wildman–Crippen LogP) is 1.55. The van der Waals surface area contributed by atoms with Gasteiger partial charge in [-0.15, -0.1) is 0 Å². The maximum Gasteiger partial charge on any atom is 0.280 e. The molecule has 1 aliphatic carbocycles. The van der Waals surface area contributed by atoms with Crippen LogP contribution in [0.1, 0.15) is 46.0 Å². The average Bonchev–Trinajstić information content (AvgIpc) is 2.80. The minimum atomic E-state index is -0.240. The van der Waals surface area contributed by atoms with Crippen LogP contribution in [0.5, 0.6) is 0 Å². The van der Waals surface area contributed by atoms with E-state index < -0.39 is 0 Å². The molecule has 0 aromatic heterocycles. The Morgan fingerprint density at radius 1 is 1.16 bits per heavy atom. The van der Waals surface area contributed by atoms with Gasteiger partial charge in [0.15, 0.2) is 12.6 Å². The summed E-state index contributed by atoms with van der Waals surface area (Å²) < 4.78 is 5.40. The molecule has 172 valence electrons. The molecule has 1 heterocycles. The Morgan fingerprint density at radius 3 is 2.42 bits per heavy atom. The zero-order chi connectivity index (χ0) is 22.2. The van der Waals surface area contributed by atoms with E-state index in [0.717, 1.165) is 62.0 Å². The number of likely N-dealkylation sites (N-methyl/N-ethyl adjacent to an activating group) is 2. The largest absolute Gasteiger partial charge is 0.378 e. The van der Waals surface area contributed by atoms with Gasteiger partial charge in [0.05, 0.1) is 20.3 Å². The average molecular weight is 432 g/mol. The molecule has 2 aliphatic rings. The van der Waals surface area contributed by atoms with Gasteiger partial charge in [-0.1, -0.05) is 19.3 Å². The number of anilines is 2. The molecule has 1 aromatic carbocycles. The maximum absolute atomic E-state index is 13.1. The van der Waals surface area contributed by atoms with Gasteiger partial charge in [-0.05, 0) is 51.0 Å². The van der Waals surface area contributed by atoms with Crippen LogP contribution < -0.4 is 15.1 Å². The third kappa shape index (κ3) is 6.43. The fourth-order valence-electron chi connectivity index (χ4n) is 4.63. The number of nitrogens with zero attached hydrogens (tertiary/aromatic N) is 2. The van der Waals surface area contributed by atoms with Crippen molar-refractivity contribution in [2.45, 2.75) is 58.0 Å². The summed E-state index contributed by atoms with van der Waals surface area (Å²) in [6.45, 7) is 8.28. The van der Waals surface area contributed by atoms with Crippen LogP contribution in [-0.2, 0) is 14.3 Å². The van der Waals surface area contributed by atoms with Crippen molar-refractivity contribution in [2.75, 3.05) is 56.7 Å². The number of nitrogens with one attached hydrogen (secondary N) is 2. The van der Waals surface area contributed by atoms with Crippen molar-refractivity contribution < 1.29 is 19.2 Å². The van der Waals surface area contributed by atoms with Gasteiger partial charge in [0, 0.05) is 37.1 Å². The van der Waals surface area contributed by atoms with E-state index in [1.807, 2.05) is 43.1 Å². The lowest BCUT2D eigenvalue weighted by molar-refractivity contribution is -0.886. The van der Waals surface area contributed by atoms with E-state index >= 15 is 0 Å². The molecule has 1 aromatic rings. The lowest BCUT2D eigenvalue weighted by Gasteiger charge is -2.35. The van der Waals surface area contributed by atoms with Crippen molar-refractivity contribution in [2.24, 2.45) is 0 Å². The van der Waals surface area contributed by atoms with E-state index in [-0.39, 0.29) is 24.4 Å². The van der Waals surface area contributed by atoms with Crippen LogP contribution in [0.25, 0.3) is 0 Å². The molecule has 1 saturated carbocycles. The number of ether oxygens (including phenoxy) is 1. The molecule has 2 amide bonds. The molecular weight excluding hydrogens is 392 g/mol. The van der Waals surface area contributed by atoms with E-state index in [4.69, 9.17) is 4.74 Å². The van der Waals surface area contributed by atoms with Gasteiger partial charge in [0.25, 0.3) is 11.8 Å². The topological polar surface area (TPSA) is 66.3 Å². The van der Waals surface area contributed by atoms with Crippen molar-refractivity contribution in [1.29, 1.82) is 0 Å². The molecule has 1 unspecified atom stereocenters. The molecule has 7 nitrogen and oxygen atoms in total. The first-order valence-corrected chi connectivity index (χ1v) is 11.8. The lowest BCUT2D eigenvalue weighted by Crippen LogP contribution is -3.15. The number of morpholine rings is 1. The zero-order valence-electron chi connectivity index (χ0n) is 19.4. The number of rotatable bonds is 8. The third-order valence-electron chi connectivity index (χ3n) is 6.72. The van der Waals surface area contributed by atoms with Gasteiger partial charge in [0.2, 0.25) is 0 Å². The summed E-state index contributed by atoms with van der Waals surface area (Å²) in [7, 11) is 1.93. The Labute approximate surface area is 186 Å². The number of hydrogen-bond donors (Lipinski definition) is 2. The molecule has 3 rings (SSSR count). The van der Waals surface area contributed by atoms with Crippen LogP contribution in [0.4, 0.5) is 11.4 Å². The Hall–Kier alpha value is -2.12. The molecule has 0 radical (unpaired) electrons. The quantitative estimate of drug-likeness (QED) is 0.655. The monoisotopic (exact) mass is 431 g/mol. The summed E-state index contributed by atoms with van der Waals surface area (Å²) in [5.74, 6) is 0.0894. The second-order valence-electron chi connectivity index (χ2n) is 8.86. The van der Waals surface area contributed by atoms with Crippen molar-refractivity contribution in [3.05, 3.63) is 24.3 Å². The summed E-state index contributed by atoms with van der Waals surface area (Å²) in [6.07, 6.45) is 5.89. The number of carbonyl (C=O) groups excluding carboxylic acids is 2. The van der Waals surface area contributed by atoms with E-state index in [1.54, 1.807) is 0 Å². The van der Waals surface area contributed by atoms with Gasteiger partial charge in [-0.25, -0.2) is 0 Å². The van der Waals surface area contributed by atoms with Gasteiger partial charge < -0.3 is 24.8 Å². The smallest absolute Gasteiger partial charge is 0.280 e. The second kappa shape index (κ2) is 11.5. The normalized spacial score (nSPS) is 19.5. The molecular formula is C24H39N4O3+. The summed E-state index contributed by atoms with van der Waals surface area (Å²) in [4.78, 5) is 30.9. The summed E-state index contributed by atoms with van der Waals surface area (Å²) in [6, 6.07) is 8.07. The summed E-state index contributed by atoms with van der Waals surface area (Å²) >= 11 is 0. The molecule has 1 saturated heterocycles. The van der Waals surface area contributed by atoms with Crippen LogP contribution in [0.3, 0.4) is 0 Å². The molecule has 2 fully saturated rings. The molecule has 2 N–H and O–H groups in total. The van der Waals surface area contributed by atoms with Crippen molar-refractivity contribution >= 4 is 23.2 Å². The zero-order valence-corrected chi connectivity index (χ0v) is 19.4. The van der Waals surface area contributed by atoms with Crippen LogP contribution in [0.15, 0.2) is 24.3 Å². The number of hydrogen-bond acceptors (Lipinski definition) is 4. The highest BCUT2D eigenvalue weighted by atomic mass is 16.5. The Kier molecular flexibility index (Phi) is 8.72. The molecule has 1 aliphatic heterocycles. The van der Waals surface area contributed by atoms with Crippen LogP contribution in [0.2, 0.25) is 0 Å². The minimum absolute atomic E-state index is 0.0722. The molecule has 0 spiro atoms. The second-order valence-corrected chi connectivity index (χ2v) is 8.86. The first-order valence-electron chi connectivity index (χ1n) is 11.8. The van der Waals surface area contributed by atoms with Crippen LogP contribution in [0, 0.1) is 0 Å². The highest BCUT2D eigenvalue weighted by Gasteiger charge is 2.32.